The summed E-state index contributed by atoms with van der Waals surface area (Å²) >= 11 is 1.42. The van der Waals surface area contributed by atoms with E-state index in [-0.39, 0.29) is 17.7 Å². The van der Waals surface area contributed by atoms with E-state index in [1.165, 1.54) is 11.8 Å². The smallest absolute Gasteiger partial charge is 0.321 e. The van der Waals surface area contributed by atoms with Crippen LogP contribution in [0.3, 0.4) is 0 Å². The number of carbonyl (C=O) groups excluding carboxylic acids is 2. The third kappa shape index (κ3) is 10.1. The van der Waals surface area contributed by atoms with Crippen LogP contribution in [0.5, 0.6) is 0 Å². The number of hydrogen-bond donors (Lipinski definition) is 3. The zero-order valence-corrected chi connectivity index (χ0v) is 11.1. The van der Waals surface area contributed by atoms with Crippen LogP contribution in [0.2, 0.25) is 0 Å². The van der Waals surface area contributed by atoms with E-state index >= 15 is 0 Å². The molecule has 0 saturated heterocycles. The van der Waals surface area contributed by atoms with Crippen molar-refractivity contribution >= 4 is 23.7 Å². The van der Waals surface area contributed by atoms with Crippen LogP contribution in [0.25, 0.3) is 0 Å². The number of amides is 3. The molecule has 0 aliphatic rings. The highest BCUT2D eigenvalue weighted by Crippen LogP contribution is 2.02. The highest BCUT2D eigenvalue weighted by molar-refractivity contribution is 8.00. The molecular weight excluding hydrogens is 242 g/mol. The van der Waals surface area contributed by atoms with Gasteiger partial charge < -0.3 is 15.8 Å². The average Bonchev–Trinajstić information content (AvgIpc) is 2.29. The van der Waals surface area contributed by atoms with Crippen LogP contribution < -0.4 is 16.4 Å². The molecule has 0 saturated carbocycles. The van der Waals surface area contributed by atoms with Crippen molar-refractivity contribution in [1.82, 2.24) is 10.6 Å². The van der Waals surface area contributed by atoms with Crippen LogP contribution >= 0.6 is 11.8 Å². The van der Waals surface area contributed by atoms with Gasteiger partial charge >= 0.3 is 6.03 Å². The van der Waals surface area contributed by atoms with Crippen molar-refractivity contribution in [2.24, 2.45) is 5.73 Å². The van der Waals surface area contributed by atoms with Gasteiger partial charge in [-0.15, -0.1) is 0 Å². The summed E-state index contributed by atoms with van der Waals surface area (Å²) in [4.78, 5) is 22.4. The molecule has 3 amide bonds. The first kappa shape index (κ1) is 16.2. The van der Waals surface area contributed by atoms with Crippen molar-refractivity contribution in [2.45, 2.75) is 19.4 Å². The van der Waals surface area contributed by atoms with Gasteiger partial charge in [-0.2, -0.15) is 11.8 Å². The highest BCUT2D eigenvalue weighted by Gasteiger charge is 2.07. The van der Waals surface area contributed by atoms with Gasteiger partial charge in [-0.3, -0.25) is 10.1 Å². The zero-order valence-electron chi connectivity index (χ0n) is 10.3. The monoisotopic (exact) mass is 263 g/mol. The van der Waals surface area contributed by atoms with Gasteiger partial charge in [0.15, 0.2) is 0 Å². The predicted octanol–water partition coefficient (Wildman–Crippen LogP) is -0.0709. The number of nitrogens with one attached hydrogen (secondary N) is 2. The van der Waals surface area contributed by atoms with E-state index in [0.717, 1.165) is 12.2 Å². The Bertz CT molecular complexity index is 239. The van der Waals surface area contributed by atoms with Gasteiger partial charge in [-0.25, -0.2) is 4.79 Å². The Kier molecular flexibility index (Phi) is 9.89. The molecule has 0 fully saturated rings. The average molecular weight is 263 g/mol. The van der Waals surface area contributed by atoms with Crippen molar-refractivity contribution in [1.29, 1.82) is 0 Å². The predicted molar refractivity (Wildman–Crippen MR) is 69.0 cm³/mol. The SMILES string of the molecule is CCC(N)CSCC(=O)NC(=O)NCCOC. The third-order valence-corrected chi connectivity index (χ3v) is 3.06. The van der Waals surface area contributed by atoms with Gasteiger partial charge in [0.2, 0.25) is 5.91 Å². The number of urea groups is 1. The van der Waals surface area contributed by atoms with Crippen LogP contribution in [0.4, 0.5) is 4.79 Å². The Hall–Kier alpha value is -0.790. The first-order chi connectivity index (χ1) is 8.10. The fraction of sp³-hybridized carbons (Fsp3) is 0.800. The highest BCUT2D eigenvalue weighted by atomic mass is 32.2. The molecule has 0 aliphatic heterocycles. The maximum absolute atomic E-state index is 11.3. The van der Waals surface area contributed by atoms with E-state index < -0.39 is 6.03 Å². The maximum Gasteiger partial charge on any atom is 0.321 e. The molecule has 0 aliphatic carbocycles. The second-order valence-corrected chi connectivity index (χ2v) is 4.51. The summed E-state index contributed by atoms with van der Waals surface area (Å²) in [6, 6.07) is -0.393. The van der Waals surface area contributed by atoms with Gasteiger partial charge in [0.25, 0.3) is 0 Å². The van der Waals surface area contributed by atoms with E-state index in [2.05, 4.69) is 10.6 Å². The van der Waals surface area contributed by atoms with Crippen molar-refractivity contribution in [2.75, 3.05) is 31.8 Å². The van der Waals surface area contributed by atoms with E-state index in [1.807, 2.05) is 6.92 Å². The molecule has 0 heterocycles. The van der Waals surface area contributed by atoms with Crippen LogP contribution in [0.15, 0.2) is 0 Å². The molecule has 7 heteroatoms. The molecule has 1 atom stereocenters. The molecule has 1 unspecified atom stereocenters. The molecule has 0 radical (unpaired) electrons. The molecule has 0 rings (SSSR count). The summed E-state index contributed by atoms with van der Waals surface area (Å²) in [7, 11) is 1.54. The normalized spacial score (nSPS) is 11.9. The summed E-state index contributed by atoms with van der Waals surface area (Å²) in [5.41, 5.74) is 5.70. The van der Waals surface area contributed by atoms with Crippen LogP contribution in [0, 0.1) is 0 Å². The quantitative estimate of drug-likeness (QED) is 0.533. The molecule has 4 N–H and O–H groups in total. The van der Waals surface area contributed by atoms with Gasteiger partial charge in [0.05, 0.1) is 12.4 Å². The van der Waals surface area contributed by atoms with Gasteiger partial charge in [0.1, 0.15) is 0 Å². The molecule has 0 aromatic heterocycles. The molecule has 17 heavy (non-hydrogen) atoms. The Morgan fingerprint density at radius 3 is 2.76 bits per heavy atom. The first-order valence-electron chi connectivity index (χ1n) is 5.50. The standard InChI is InChI=1S/C10H21N3O3S/c1-3-8(11)6-17-7-9(14)13-10(15)12-4-5-16-2/h8H,3-7,11H2,1-2H3,(H2,12,13,14,15). The van der Waals surface area contributed by atoms with Crippen molar-refractivity contribution in [3.05, 3.63) is 0 Å². The summed E-state index contributed by atoms with van der Waals surface area (Å²) in [5.74, 6) is 0.647. The summed E-state index contributed by atoms with van der Waals surface area (Å²) < 4.78 is 4.76. The fourth-order valence-corrected chi connectivity index (χ4v) is 1.81. The number of rotatable bonds is 8. The Morgan fingerprint density at radius 1 is 1.47 bits per heavy atom. The largest absolute Gasteiger partial charge is 0.383 e. The number of methoxy groups -OCH3 is 1. The summed E-state index contributed by atoms with van der Waals surface area (Å²) in [5, 5.41) is 4.72. The van der Waals surface area contributed by atoms with Crippen LogP contribution in [0.1, 0.15) is 13.3 Å². The van der Waals surface area contributed by atoms with Crippen LogP contribution in [-0.4, -0.2) is 49.7 Å². The number of nitrogens with two attached hydrogens (primary N) is 1. The van der Waals surface area contributed by atoms with Crippen molar-refractivity contribution in [3.63, 3.8) is 0 Å². The lowest BCUT2D eigenvalue weighted by Crippen LogP contribution is -2.41. The lowest BCUT2D eigenvalue weighted by atomic mass is 10.3. The lowest BCUT2D eigenvalue weighted by molar-refractivity contribution is -0.117. The molecule has 100 valence electrons. The van der Waals surface area contributed by atoms with E-state index in [0.29, 0.717) is 13.2 Å². The minimum Gasteiger partial charge on any atom is -0.383 e. The molecule has 0 aromatic carbocycles. The first-order valence-corrected chi connectivity index (χ1v) is 6.65. The lowest BCUT2D eigenvalue weighted by Gasteiger charge is -2.08. The van der Waals surface area contributed by atoms with Crippen molar-refractivity contribution < 1.29 is 14.3 Å². The van der Waals surface area contributed by atoms with Crippen molar-refractivity contribution in [3.8, 4) is 0 Å². The van der Waals surface area contributed by atoms with E-state index in [4.69, 9.17) is 10.5 Å². The number of carbonyl (C=O) groups is 2. The Balaban J connectivity index is 3.54. The summed E-state index contributed by atoms with van der Waals surface area (Å²) in [6.07, 6.45) is 0.881. The zero-order chi connectivity index (χ0) is 13.1. The van der Waals surface area contributed by atoms with Gasteiger partial charge in [-0.1, -0.05) is 6.92 Å². The minimum absolute atomic E-state index is 0.100. The molecule has 0 bridgehead atoms. The number of hydrogen-bond acceptors (Lipinski definition) is 5. The van der Waals surface area contributed by atoms with Gasteiger partial charge in [0, 0.05) is 25.4 Å². The second kappa shape index (κ2) is 10.4. The van der Waals surface area contributed by atoms with E-state index in [9.17, 15) is 9.59 Å². The Labute approximate surface area is 106 Å². The molecule has 0 aromatic rings. The summed E-state index contributed by atoms with van der Waals surface area (Å²) in [6.45, 7) is 2.79. The van der Waals surface area contributed by atoms with Crippen LogP contribution in [-0.2, 0) is 9.53 Å². The molecule has 6 nitrogen and oxygen atoms in total. The van der Waals surface area contributed by atoms with E-state index in [1.54, 1.807) is 7.11 Å². The third-order valence-electron chi connectivity index (χ3n) is 1.93. The maximum atomic E-state index is 11.3. The number of thioether (sulfide) groups is 1. The second-order valence-electron chi connectivity index (χ2n) is 3.48. The number of imide groups is 1. The molecular formula is C10H21N3O3S. The number of ether oxygens (including phenoxy) is 1. The topological polar surface area (TPSA) is 93.5 Å². The molecule has 0 spiro atoms. The Morgan fingerprint density at radius 2 is 2.18 bits per heavy atom. The fourth-order valence-electron chi connectivity index (χ4n) is 0.894. The minimum atomic E-state index is -0.493. The van der Waals surface area contributed by atoms with Gasteiger partial charge in [-0.05, 0) is 6.42 Å².